The van der Waals surface area contributed by atoms with Crippen molar-refractivity contribution in [3.63, 3.8) is 0 Å². The van der Waals surface area contributed by atoms with Crippen molar-refractivity contribution < 1.29 is 22.9 Å². The number of methoxy groups -OCH3 is 1. The number of hydrogen-bond donors (Lipinski definition) is 1. The van der Waals surface area contributed by atoms with Gasteiger partial charge in [-0.1, -0.05) is 0 Å². The predicted molar refractivity (Wildman–Crippen MR) is 75.8 cm³/mol. The van der Waals surface area contributed by atoms with E-state index in [0.717, 1.165) is 6.20 Å². The zero-order chi connectivity index (χ0) is 14.9. The third-order valence-corrected chi connectivity index (χ3v) is 4.26. The minimum absolute atomic E-state index is 0.187. The predicted octanol–water partition coefficient (Wildman–Crippen LogP) is 2.57. The largest absolute Gasteiger partial charge is 0.496 e. The third-order valence-electron chi connectivity index (χ3n) is 2.56. The Morgan fingerprint density at radius 1 is 1.40 bits per heavy atom. The van der Waals surface area contributed by atoms with Crippen LogP contribution in [0.5, 0.6) is 5.75 Å². The summed E-state index contributed by atoms with van der Waals surface area (Å²) in [6, 6.07) is 3.15. The van der Waals surface area contributed by atoms with Gasteiger partial charge in [0.05, 0.1) is 17.8 Å². The van der Waals surface area contributed by atoms with Crippen LogP contribution in [0.15, 0.2) is 22.8 Å². The van der Waals surface area contributed by atoms with E-state index in [4.69, 9.17) is 4.74 Å². The van der Waals surface area contributed by atoms with Gasteiger partial charge in [-0.3, -0.25) is 0 Å². The quantitative estimate of drug-likeness (QED) is 0.850. The molecule has 0 saturated heterocycles. The van der Waals surface area contributed by atoms with Crippen LogP contribution >= 0.6 is 27.3 Å². The molecule has 0 atom stereocenters. The summed E-state index contributed by atoms with van der Waals surface area (Å²) in [6.45, 7) is 0. The highest BCUT2D eigenvalue weighted by Gasteiger charge is 2.33. The lowest BCUT2D eigenvalue weighted by Crippen LogP contribution is -2.16. The summed E-state index contributed by atoms with van der Waals surface area (Å²) in [4.78, 5) is 3.00. The molecular weight excluding hydrogens is 358 g/mol. The highest BCUT2D eigenvalue weighted by Crippen LogP contribution is 2.37. The van der Waals surface area contributed by atoms with Gasteiger partial charge in [-0.25, -0.2) is 4.98 Å². The lowest BCUT2D eigenvalue weighted by molar-refractivity contribution is -0.134. The summed E-state index contributed by atoms with van der Waals surface area (Å²) in [5.41, 5.74) is 0.897. The first-order chi connectivity index (χ1) is 9.36. The first-order valence-electron chi connectivity index (χ1n) is 5.37. The molecule has 0 aliphatic heterocycles. The first-order valence-corrected chi connectivity index (χ1v) is 6.98. The molecule has 0 amide bonds. The molecule has 0 aliphatic carbocycles. The molecule has 20 heavy (non-hydrogen) atoms. The average Bonchev–Trinajstić information content (AvgIpc) is 2.87. The van der Waals surface area contributed by atoms with Crippen molar-refractivity contribution in [2.45, 2.75) is 6.18 Å². The lowest BCUT2D eigenvalue weighted by atomic mass is 9.84. The third kappa shape index (κ3) is 2.99. The Morgan fingerprint density at radius 3 is 2.60 bits per heavy atom. The van der Waals surface area contributed by atoms with Crippen molar-refractivity contribution in [1.82, 2.24) is 4.98 Å². The Bertz CT molecular complexity index is 633. The molecule has 1 N–H and O–H groups in total. The van der Waals surface area contributed by atoms with Gasteiger partial charge in [-0.2, -0.15) is 13.2 Å². The molecule has 0 fully saturated rings. The van der Waals surface area contributed by atoms with Gasteiger partial charge in [-0.05, 0) is 33.5 Å². The summed E-state index contributed by atoms with van der Waals surface area (Å²) >= 11 is 3.79. The van der Waals surface area contributed by atoms with Gasteiger partial charge in [0, 0.05) is 5.56 Å². The zero-order valence-electron chi connectivity index (χ0n) is 10.2. The Hall–Kier alpha value is -1.06. The van der Waals surface area contributed by atoms with Crippen LogP contribution in [0.4, 0.5) is 13.2 Å². The van der Waals surface area contributed by atoms with Crippen LogP contribution in [0.2, 0.25) is 0 Å². The normalized spacial score (nSPS) is 11.5. The van der Waals surface area contributed by atoms with Gasteiger partial charge in [0.15, 0.2) is 0 Å². The van der Waals surface area contributed by atoms with Gasteiger partial charge < -0.3 is 9.76 Å². The summed E-state index contributed by atoms with van der Waals surface area (Å²) in [5.74, 6) is 0.459. The molecule has 0 spiro atoms. The molecule has 0 saturated carbocycles. The van der Waals surface area contributed by atoms with E-state index in [9.17, 15) is 18.2 Å². The van der Waals surface area contributed by atoms with Crippen LogP contribution < -0.4 is 10.2 Å². The van der Waals surface area contributed by atoms with Gasteiger partial charge >= 0.3 is 13.7 Å². The number of rotatable bonds is 3. The molecule has 2 aromatic rings. The van der Waals surface area contributed by atoms with Crippen LogP contribution in [0.1, 0.15) is 4.88 Å². The molecule has 1 aromatic heterocycles. The Labute approximate surface area is 125 Å². The van der Waals surface area contributed by atoms with Crippen molar-refractivity contribution in [3.8, 4) is 16.3 Å². The second kappa shape index (κ2) is 5.75. The molecular formula is C11H8BBrF3NO2S. The molecule has 9 heteroatoms. The molecule has 3 nitrogen and oxygen atoms in total. The maximum atomic E-state index is 12.6. The molecule has 106 valence electrons. The zero-order valence-corrected chi connectivity index (χ0v) is 12.6. The fraction of sp³-hybridized carbons (Fsp3) is 0.182. The summed E-state index contributed by atoms with van der Waals surface area (Å²) in [7, 11) is 1.14. The molecule has 1 heterocycles. The molecule has 0 bridgehead atoms. The Kier molecular flexibility index (Phi) is 4.41. The summed E-state index contributed by atoms with van der Waals surface area (Å²) < 4.78 is 43.5. The van der Waals surface area contributed by atoms with E-state index in [1.165, 1.54) is 7.11 Å². The number of hydrogen-bond acceptors (Lipinski definition) is 4. The number of alkyl halides is 3. The van der Waals surface area contributed by atoms with Crippen molar-refractivity contribution in [3.05, 3.63) is 27.7 Å². The summed E-state index contributed by atoms with van der Waals surface area (Å²) in [5, 5.41) is 9.51. The van der Waals surface area contributed by atoms with Gasteiger partial charge in [0.2, 0.25) is 0 Å². The number of aromatic nitrogens is 1. The van der Waals surface area contributed by atoms with Crippen molar-refractivity contribution in [1.29, 1.82) is 0 Å². The number of benzene rings is 1. The van der Waals surface area contributed by atoms with Crippen molar-refractivity contribution in [2.75, 3.05) is 7.11 Å². The van der Waals surface area contributed by atoms with Crippen molar-refractivity contribution in [2.24, 2.45) is 0 Å². The Balaban J connectivity index is 2.54. The van der Waals surface area contributed by atoms with Crippen LogP contribution in [-0.4, -0.2) is 24.6 Å². The standard InChI is InChI=1S/C11H8BBrF3NO2S/c1-19-8-2-5(6(12-18)3-7(8)13)10-17-4-9(20-10)11(14,15)16/h2-4,12,18H,1H3. The number of halogens is 4. The number of thiazole rings is 1. The highest BCUT2D eigenvalue weighted by molar-refractivity contribution is 9.10. The maximum Gasteiger partial charge on any atom is 0.427 e. The van der Waals surface area contributed by atoms with E-state index in [0.29, 0.717) is 32.6 Å². The topological polar surface area (TPSA) is 42.4 Å². The number of nitrogens with zero attached hydrogens (tertiary/aromatic N) is 1. The lowest BCUT2D eigenvalue weighted by Gasteiger charge is -2.09. The van der Waals surface area contributed by atoms with E-state index >= 15 is 0 Å². The fourth-order valence-corrected chi connectivity index (χ4v) is 3.00. The maximum absolute atomic E-state index is 12.6. The smallest absolute Gasteiger partial charge is 0.427 e. The molecule has 0 radical (unpaired) electrons. The molecule has 2 rings (SSSR count). The second-order valence-electron chi connectivity index (χ2n) is 3.83. The van der Waals surface area contributed by atoms with E-state index in [-0.39, 0.29) is 12.5 Å². The number of ether oxygens (including phenoxy) is 1. The van der Waals surface area contributed by atoms with Crippen molar-refractivity contribution >= 4 is 40.2 Å². The van der Waals surface area contributed by atoms with Gasteiger partial charge in [-0.15, -0.1) is 11.3 Å². The minimum Gasteiger partial charge on any atom is -0.496 e. The Morgan fingerprint density at radius 2 is 2.10 bits per heavy atom. The van der Waals surface area contributed by atoms with Crippen LogP contribution in [0, 0.1) is 0 Å². The monoisotopic (exact) mass is 365 g/mol. The van der Waals surface area contributed by atoms with Gasteiger partial charge in [0.25, 0.3) is 0 Å². The second-order valence-corrected chi connectivity index (χ2v) is 5.71. The SMILES string of the molecule is COc1cc(-c2ncc(C(F)(F)F)s2)c(BO)cc1Br. The van der Waals surface area contributed by atoms with E-state index < -0.39 is 11.1 Å². The average molecular weight is 366 g/mol. The molecule has 1 aromatic carbocycles. The van der Waals surface area contributed by atoms with Gasteiger partial charge in [0.1, 0.15) is 15.6 Å². The highest BCUT2D eigenvalue weighted by atomic mass is 79.9. The van der Waals surface area contributed by atoms with Crippen LogP contribution in [-0.2, 0) is 6.18 Å². The molecule has 0 unspecified atom stereocenters. The van der Waals surface area contributed by atoms with Crippen LogP contribution in [0.3, 0.4) is 0 Å². The fourth-order valence-electron chi connectivity index (χ4n) is 1.61. The minimum atomic E-state index is -4.42. The van der Waals surface area contributed by atoms with E-state index in [1.807, 2.05) is 0 Å². The first kappa shape index (κ1) is 15.3. The van der Waals surface area contributed by atoms with Crippen LogP contribution in [0.25, 0.3) is 10.6 Å². The van der Waals surface area contributed by atoms with E-state index in [1.54, 1.807) is 12.1 Å². The van der Waals surface area contributed by atoms with E-state index in [2.05, 4.69) is 20.9 Å². The summed E-state index contributed by atoms with van der Waals surface area (Å²) in [6.07, 6.45) is -3.63. The molecule has 0 aliphatic rings.